The molecular weight excluding hydrogens is 230 g/mol. The van der Waals surface area contributed by atoms with Crippen molar-refractivity contribution in [2.75, 3.05) is 5.84 Å². The van der Waals surface area contributed by atoms with E-state index in [1.165, 1.54) is 0 Å². The molecule has 0 aliphatic rings. The summed E-state index contributed by atoms with van der Waals surface area (Å²) in [5.41, 5.74) is 1.07. The lowest BCUT2D eigenvalue weighted by molar-refractivity contribution is 0.767. The second kappa shape index (κ2) is 3.69. The number of aryl methyl sites for hydroxylation is 1. The molecule has 0 radical (unpaired) electrons. The fourth-order valence-corrected chi connectivity index (χ4v) is 1.89. The van der Waals surface area contributed by atoms with Crippen LogP contribution in [0.25, 0.3) is 22.3 Å². The van der Waals surface area contributed by atoms with Gasteiger partial charge in [-0.05, 0) is 12.1 Å². The summed E-state index contributed by atoms with van der Waals surface area (Å²) in [6.45, 7) is 0. The van der Waals surface area contributed by atoms with Crippen LogP contribution in [0, 0.1) is 0 Å². The molecule has 0 atom stereocenters. The summed E-state index contributed by atoms with van der Waals surface area (Å²) >= 11 is 0. The van der Waals surface area contributed by atoms with E-state index in [2.05, 4.69) is 10.1 Å². The zero-order chi connectivity index (χ0) is 12.7. The summed E-state index contributed by atoms with van der Waals surface area (Å²) in [5.74, 6) is 6.20. The van der Waals surface area contributed by atoms with Crippen molar-refractivity contribution < 1.29 is 0 Å². The molecule has 0 aliphatic carbocycles. The third-order valence-electron chi connectivity index (χ3n) is 2.77. The Morgan fingerprint density at radius 1 is 1.28 bits per heavy atom. The predicted molar refractivity (Wildman–Crippen MR) is 68.4 cm³/mol. The highest BCUT2D eigenvalue weighted by Crippen LogP contribution is 2.16. The van der Waals surface area contributed by atoms with Crippen molar-refractivity contribution in [2.24, 2.45) is 7.05 Å². The lowest BCUT2D eigenvalue weighted by Crippen LogP contribution is -2.29. The van der Waals surface area contributed by atoms with Crippen molar-refractivity contribution >= 4 is 10.9 Å². The summed E-state index contributed by atoms with van der Waals surface area (Å²) in [6.07, 6.45) is 3.39. The average molecular weight is 241 g/mol. The van der Waals surface area contributed by atoms with E-state index in [0.717, 1.165) is 4.68 Å². The molecule has 0 bridgehead atoms. The highest BCUT2D eigenvalue weighted by molar-refractivity contribution is 5.79. The largest absolute Gasteiger partial charge is 0.334 e. The van der Waals surface area contributed by atoms with Gasteiger partial charge in [-0.25, -0.2) is 9.66 Å². The molecule has 2 aromatic heterocycles. The summed E-state index contributed by atoms with van der Waals surface area (Å²) in [4.78, 5) is 16.5. The highest BCUT2D eigenvalue weighted by Gasteiger charge is 2.11. The second-order valence-electron chi connectivity index (χ2n) is 4.03. The molecule has 3 rings (SSSR count). The third-order valence-corrected chi connectivity index (χ3v) is 2.77. The van der Waals surface area contributed by atoms with Crippen LogP contribution in [0.15, 0.2) is 41.5 Å². The van der Waals surface area contributed by atoms with E-state index in [0.29, 0.717) is 22.3 Å². The standard InChI is InChI=1S/C12H11N5O/c1-16-7-8(6-14-16)11-15-10-5-3-2-4-9(10)12(18)17(11)13/h2-7H,13H2,1H3. The smallest absolute Gasteiger partial charge is 0.280 e. The van der Waals surface area contributed by atoms with Gasteiger partial charge in [0.2, 0.25) is 0 Å². The van der Waals surface area contributed by atoms with Crippen LogP contribution in [0.5, 0.6) is 0 Å². The maximum atomic E-state index is 12.1. The van der Waals surface area contributed by atoms with Crippen LogP contribution in [0.1, 0.15) is 0 Å². The second-order valence-corrected chi connectivity index (χ2v) is 4.03. The number of para-hydroxylation sites is 1. The Hall–Kier alpha value is -2.63. The van der Waals surface area contributed by atoms with Crippen molar-refractivity contribution in [3.8, 4) is 11.4 Å². The number of fused-ring (bicyclic) bond motifs is 1. The Labute approximate surface area is 102 Å². The molecule has 0 saturated heterocycles. The SMILES string of the molecule is Cn1cc(-c2nc3ccccc3c(=O)n2N)cn1. The minimum Gasteiger partial charge on any atom is -0.334 e. The maximum Gasteiger partial charge on any atom is 0.280 e. The molecule has 6 heteroatoms. The van der Waals surface area contributed by atoms with Gasteiger partial charge < -0.3 is 5.84 Å². The van der Waals surface area contributed by atoms with Gasteiger partial charge in [-0.1, -0.05) is 12.1 Å². The Morgan fingerprint density at radius 2 is 2.06 bits per heavy atom. The third kappa shape index (κ3) is 1.46. The van der Waals surface area contributed by atoms with Crippen LogP contribution in [0.3, 0.4) is 0 Å². The Bertz CT molecular complexity index is 787. The topological polar surface area (TPSA) is 78.7 Å². The first kappa shape index (κ1) is 10.5. The Morgan fingerprint density at radius 3 is 2.78 bits per heavy atom. The Balaban J connectivity index is 2.37. The molecular formula is C12H11N5O. The van der Waals surface area contributed by atoms with Gasteiger partial charge in [-0.15, -0.1) is 0 Å². The number of nitrogen functional groups attached to an aromatic ring is 1. The van der Waals surface area contributed by atoms with Gasteiger partial charge in [0, 0.05) is 13.2 Å². The number of rotatable bonds is 1. The lowest BCUT2D eigenvalue weighted by Gasteiger charge is -2.06. The minimum atomic E-state index is -0.264. The van der Waals surface area contributed by atoms with Gasteiger partial charge in [0.1, 0.15) is 0 Å². The number of hydrogen-bond acceptors (Lipinski definition) is 4. The van der Waals surface area contributed by atoms with Crippen molar-refractivity contribution in [3.05, 3.63) is 47.0 Å². The van der Waals surface area contributed by atoms with Crippen molar-refractivity contribution in [1.29, 1.82) is 0 Å². The fourth-order valence-electron chi connectivity index (χ4n) is 1.89. The minimum absolute atomic E-state index is 0.264. The van der Waals surface area contributed by atoms with Gasteiger partial charge in [0.25, 0.3) is 5.56 Å². The molecule has 6 nitrogen and oxygen atoms in total. The average Bonchev–Trinajstić information content (AvgIpc) is 2.80. The van der Waals surface area contributed by atoms with Gasteiger partial charge >= 0.3 is 0 Å². The maximum absolute atomic E-state index is 12.1. The number of aromatic nitrogens is 4. The fraction of sp³-hybridized carbons (Fsp3) is 0.0833. The first-order chi connectivity index (χ1) is 8.66. The number of hydrogen-bond donors (Lipinski definition) is 1. The van der Waals surface area contributed by atoms with E-state index < -0.39 is 0 Å². The zero-order valence-electron chi connectivity index (χ0n) is 9.74. The number of nitrogens with zero attached hydrogens (tertiary/aromatic N) is 4. The van der Waals surface area contributed by atoms with Crippen LogP contribution in [-0.4, -0.2) is 19.4 Å². The van der Waals surface area contributed by atoms with E-state index in [4.69, 9.17) is 5.84 Å². The normalized spacial score (nSPS) is 10.9. The van der Waals surface area contributed by atoms with Gasteiger partial charge in [-0.3, -0.25) is 9.48 Å². The van der Waals surface area contributed by atoms with E-state index >= 15 is 0 Å². The molecule has 3 aromatic rings. The lowest BCUT2D eigenvalue weighted by atomic mass is 10.2. The van der Waals surface area contributed by atoms with E-state index in [1.807, 2.05) is 6.07 Å². The summed E-state index contributed by atoms with van der Waals surface area (Å²) in [7, 11) is 1.80. The molecule has 2 N–H and O–H groups in total. The van der Waals surface area contributed by atoms with Gasteiger partial charge in [-0.2, -0.15) is 5.10 Å². The summed E-state index contributed by atoms with van der Waals surface area (Å²) in [5, 5.41) is 4.56. The molecule has 18 heavy (non-hydrogen) atoms. The summed E-state index contributed by atoms with van der Waals surface area (Å²) in [6, 6.07) is 7.12. The van der Waals surface area contributed by atoms with Crippen LogP contribution >= 0.6 is 0 Å². The summed E-state index contributed by atoms with van der Waals surface area (Å²) < 4.78 is 2.69. The van der Waals surface area contributed by atoms with Crippen molar-refractivity contribution in [3.63, 3.8) is 0 Å². The zero-order valence-corrected chi connectivity index (χ0v) is 9.74. The highest BCUT2D eigenvalue weighted by atomic mass is 16.1. The molecule has 0 spiro atoms. The van der Waals surface area contributed by atoms with E-state index in [1.54, 1.807) is 42.3 Å². The molecule has 0 aliphatic heterocycles. The molecule has 2 heterocycles. The van der Waals surface area contributed by atoms with Crippen LogP contribution < -0.4 is 11.4 Å². The van der Waals surface area contributed by atoms with Gasteiger partial charge in [0.05, 0.1) is 22.7 Å². The van der Waals surface area contributed by atoms with Crippen molar-refractivity contribution in [1.82, 2.24) is 19.4 Å². The van der Waals surface area contributed by atoms with Crippen molar-refractivity contribution in [2.45, 2.75) is 0 Å². The number of benzene rings is 1. The number of nitrogens with two attached hydrogens (primary N) is 1. The first-order valence-corrected chi connectivity index (χ1v) is 5.43. The molecule has 0 saturated carbocycles. The molecule has 0 fully saturated rings. The predicted octanol–water partition coefficient (Wildman–Crippen LogP) is 0.511. The Kier molecular flexibility index (Phi) is 2.16. The molecule has 0 amide bonds. The monoisotopic (exact) mass is 241 g/mol. The molecule has 90 valence electrons. The van der Waals surface area contributed by atoms with E-state index in [-0.39, 0.29) is 5.56 Å². The molecule has 0 unspecified atom stereocenters. The molecule has 1 aromatic carbocycles. The van der Waals surface area contributed by atoms with Crippen LogP contribution in [0.2, 0.25) is 0 Å². The first-order valence-electron chi connectivity index (χ1n) is 5.43. The van der Waals surface area contributed by atoms with Crippen LogP contribution in [-0.2, 0) is 7.05 Å². The van der Waals surface area contributed by atoms with Crippen LogP contribution in [0.4, 0.5) is 0 Å². The quantitative estimate of drug-likeness (QED) is 0.630. The van der Waals surface area contributed by atoms with Gasteiger partial charge in [0.15, 0.2) is 5.82 Å². The van der Waals surface area contributed by atoms with E-state index in [9.17, 15) is 4.79 Å².